The molecule has 1 aliphatic heterocycles. The largest absolute Gasteiger partial charge is 0.493 e. The van der Waals surface area contributed by atoms with Crippen LogP contribution in [0.5, 0.6) is 5.75 Å². The first kappa shape index (κ1) is 12.2. The van der Waals surface area contributed by atoms with Gasteiger partial charge < -0.3 is 10.1 Å². The number of rotatable bonds is 4. The van der Waals surface area contributed by atoms with Gasteiger partial charge in [0, 0.05) is 31.4 Å². The maximum absolute atomic E-state index is 5.52. The predicted molar refractivity (Wildman–Crippen MR) is 75.1 cm³/mol. The van der Waals surface area contributed by atoms with Gasteiger partial charge in [-0.3, -0.25) is 4.98 Å². The summed E-state index contributed by atoms with van der Waals surface area (Å²) in [7, 11) is 0. The van der Waals surface area contributed by atoms with Gasteiger partial charge in [-0.05, 0) is 41.8 Å². The van der Waals surface area contributed by atoms with Crippen molar-refractivity contribution in [3.8, 4) is 5.75 Å². The first-order chi connectivity index (χ1) is 9.33. The number of benzene rings is 1. The van der Waals surface area contributed by atoms with Crippen LogP contribution in [0.15, 0.2) is 42.7 Å². The second-order valence-electron chi connectivity index (χ2n) is 4.92. The van der Waals surface area contributed by atoms with Gasteiger partial charge >= 0.3 is 0 Å². The van der Waals surface area contributed by atoms with Crippen LogP contribution in [0.3, 0.4) is 0 Å². The molecule has 1 aromatic carbocycles. The zero-order chi connectivity index (χ0) is 13.1. The molecule has 1 aliphatic rings. The molecule has 3 nitrogen and oxygen atoms in total. The third-order valence-electron chi connectivity index (χ3n) is 3.57. The van der Waals surface area contributed by atoms with E-state index in [1.807, 2.05) is 24.5 Å². The van der Waals surface area contributed by atoms with Crippen LogP contribution in [0, 0.1) is 0 Å². The van der Waals surface area contributed by atoms with Crippen molar-refractivity contribution in [2.45, 2.75) is 25.9 Å². The van der Waals surface area contributed by atoms with Crippen molar-refractivity contribution in [1.82, 2.24) is 10.3 Å². The van der Waals surface area contributed by atoms with E-state index in [4.69, 9.17) is 4.74 Å². The molecule has 2 heterocycles. The van der Waals surface area contributed by atoms with Crippen molar-refractivity contribution in [3.63, 3.8) is 0 Å². The number of nitrogens with zero attached hydrogens (tertiary/aromatic N) is 1. The Labute approximate surface area is 113 Å². The molecule has 0 unspecified atom stereocenters. The summed E-state index contributed by atoms with van der Waals surface area (Å²) in [4.78, 5) is 4.04. The fraction of sp³-hybridized carbons (Fsp3) is 0.312. The maximum Gasteiger partial charge on any atom is 0.122 e. The second kappa shape index (κ2) is 5.41. The number of aromatic nitrogens is 1. The van der Waals surface area contributed by atoms with Crippen LogP contribution in [0.2, 0.25) is 0 Å². The molecule has 2 aromatic rings. The van der Waals surface area contributed by atoms with E-state index >= 15 is 0 Å². The van der Waals surface area contributed by atoms with Crippen LogP contribution in [-0.4, -0.2) is 11.6 Å². The summed E-state index contributed by atoms with van der Waals surface area (Å²) in [6.45, 7) is 3.86. The van der Waals surface area contributed by atoms with E-state index < -0.39 is 0 Å². The number of pyridine rings is 1. The quantitative estimate of drug-likeness (QED) is 0.911. The monoisotopic (exact) mass is 254 g/mol. The van der Waals surface area contributed by atoms with Crippen molar-refractivity contribution in [2.24, 2.45) is 0 Å². The topological polar surface area (TPSA) is 34.1 Å². The van der Waals surface area contributed by atoms with Gasteiger partial charge in [-0.25, -0.2) is 0 Å². The van der Waals surface area contributed by atoms with Gasteiger partial charge in [-0.15, -0.1) is 0 Å². The molecule has 0 radical (unpaired) electrons. The average Bonchev–Trinajstić information content (AvgIpc) is 2.93. The third-order valence-corrected chi connectivity index (χ3v) is 3.57. The first-order valence-electron chi connectivity index (χ1n) is 6.71. The zero-order valence-corrected chi connectivity index (χ0v) is 11.1. The highest BCUT2D eigenvalue weighted by Gasteiger charge is 2.12. The molecule has 1 N–H and O–H groups in total. The van der Waals surface area contributed by atoms with Gasteiger partial charge in [0.25, 0.3) is 0 Å². The van der Waals surface area contributed by atoms with Crippen LogP contribution in [0.1, 0.15) is 29.7 Å². The highest BCUT2D eigenvalue weighted by Crippen LogP contribution is 2.26. The molecule has 3 heteroatoms. The highest BCUT2D eigenvalue weighted by atomic mass is 16.5. The zero-order valence-electron chi connectivity index (χ0n) is 11.1. The summed E-state index contributed by atoms with van der Waals surface area (Å²) in [5.41, 5.74) is 3.90. The van der Waals surface area contributed by atoms with Gasteiger partial charge in [-0.2, -0.15) is 0 Å². The second-order valence-corrected chi connectivity index (χ2v) is 4.92. The van der Waals surface area contributed by atoms with Crippen molar-refractivity contribution in [2.75, 3.05) is 6.61 Å². The Balaban J connectivity index is 1.63. The van der Waals surface area contributed by atoms with Crippen molar-refractivity contribution in [1.29, 1.82) is 0 Å². The lowest BCUT2D eigenvalue weighted by Crippen LogP contribution is -2.18. The summed E-state index contributed by atoms with van der Waals surface area (Å²) in [5.74, 6) is 1.05. The predicted octanol–water partition coefficient (Wildman–Crippen LogP) is 2.87. The normalized spacial score (nSPS) is 14.8. The Morgan fingerprint density at radius 2 is 2.11 bits per heavy atom. The number of hydrogen-bond donors (Lipinski definition) is 1. The van der Waals surface area contributed by atoms with E-state index in [1.165, 1.54) is 16.7 Å². The minimum atomic E-state index is 0.326. The van der Waals surface area contributed by atoms with Crippen molar-refractivity contribution in [3.05, 3.63) is 59.4 Å². The molecule has 0 spiro atoms. The molecule has 1 atom stereocenters. The van der Waals surface area contributed by atoms with Gasteiger partial charge in [0.15, 0.2) is 0 Å². The van der Waals surface area contributed by atoms with E-state index in [1.54, 1.807) is 0 Å². The van der Waals surface area contributed by atoms with Crippen molar-refractivity contribution >= 4 is 0 Å². The number of fused-ring (bicyclic) bond motifs is 1. The summed E-state index contributed by atoms with van der Waals surface area (Å²) in [5, 5.41) is 3.54. The van der Waals surface area contributed by atoms with Crippen LogP contribution >= 0.6 is 0 Å². The smallest absolute Gasteiger partial charge is 0.122 e. The number of ether oxygens (including phenoxy) is 1. The van der Waals surface area contributed by atoms with Gasteiger partial charge in [0.2, 0.25) is 0 Å². The molecule has 1 aromatic heterocycles. The molecule has 0 fully saturated rings. The molecular formula is C16H18N2O. The van der Waals surface area contributed by atoms with Crippen LogP contribution in [-0.2, 0) is 13.0 Å². The van der Waals surface area contributed by atoms with Gasteiger partial charge in [-0.1, -0.05) is 12.1 Å². The lowest BCUT2D eigenvalue weighted by Gasteiger charge is -2.14. The fourth-order valence-corrected chi connectivity index (χ4v) is 2.39. The summed E-state index contributed by atoms with van der Waals surface area (Å²) in [6, 6.07) is 10.9. The Morgan fingerprint density at radius 1 is 1.26 bits per heavy atom. The lowest BCUT2D eigenvalue weighted by molar-refractivity contribution is 0.357. The van der Waals surface area contributed by atoms with Crippen molar-refractivity contribution < 1.29 is 4.74 Å². The van der Waals surface area contributed by atoms with Crippen LogP contribution in [0.25, 0.3) is 0 Å². The van der Waals surface area contributed by atoms with Gasteiger partial charge in [0.1, 0.15) is 5.75 Å². The molecule has 0 bridgehead atoms. The van der Waals surface area contributed by atoms with Crippen LogP contribution in [0.4, 0.5) is 0 Å². The Bertz CT molecular complexity index is 554. The SMILES string of the molecule is C[C@H](NCc1ccc2c(c1)CCO2)c1ccncc1. The maximum atomic E-state index is 5.52. The van der Waals surface area contributed by atoms with E-state index in [0.29, 0.717) is 6.04 Å². The van der Waals surface area contributed by atoms with Crippen LogP contribution < -0.4 is 10.1 Å². The van der Waals surface area contributed by atoms with E-state index in [-0.39, 0.29) is 0 Å². The third kappa shape index (κ3) is 2.76. The molecule has 19 heavy (non-hydrogen) atoms. The Hall–Kier alpha value is -1.87. The molecule has 98 valence electrons. The average molecular weight is 254 g/mol. The summed E-state index contributed by atoms with van der Waals surface area (Å²) >= 11 is 0. The lowest BCUT2D eigenvalue weighted by atomic mass is 10.1. The van der Waals surface area contributed by atoms with E-state index in [9.17, 15) is 0 Å². The molecule has 0 saturated heterocycles. The van der Waals surface area contributed by atoms with E-state index in [0.717, 1.165) is 25.3 Å². The first-order valence-corrected chi connectivity index (χ1v) is 6.71. The number of nitrogens with one attached hydrogen (secondary N) is 1. The molecule has 0 saturated carbocycles. The highest BCUT2D eigenvalue weighted by molar-refractivity contribution is 5.39. The minimum Gasteiger partial charge on any atom is -0.493 e. The molecular weight excluding hydrogens is 236 g/mol. The summed E-state index contributed by atoms with van der Waals surface area (Å²) < 4.78 is 5.52. The number of hydrogen-bond acceptors (Lipinski definition) is 3. The Morgan fingerprint density at radius 3 is 2.95 bits per heavy atom. The standard InChI is InChI=1S/C16H18N2O/c1-12(14-4-7-17-8-5-14)18-11-13-2-3-16-15(10-13)6-9-19-16/h2-5,7-8,10,12,18H,6,9,11H2,1H3/t12-/m0/s1. The summed E-state index contributed by atoms with van der Waals surface area (Å²) in [6.07, 6.45) is 4.70. The molecule has 0 aliphatic carbocycles. The molecule has 0 amide bonds. The van der Waals surface area contributed by atoms with E-state index in [2.05, 4.69) is 35.4 Å². The molecule has 3 rings (SSSR count). The minimum absolute atomic E-state index is 0.326. The Kier molecular flexibility index (Phi) is 3.47. The fourth-order valence-electron chi connectivity index (χ4n) is 2.39. The van der Waals surface area contributed by atoms with Gasteiger partial charge in [0.05, 0.1) is 6.61 Å².